The summed E-state index contributed by atoms with van der Waals surface area (Å²) >= 11 is 1.49. The van der Waals surface area contributed by atoms with Crippen LogP contribution in [0.4, 0.5) is 5.69 Å². The zero-order valence-electron chi connectivity index (χ0n) is 15.7. The summed E-state index contributed by atoms with van der Waals surface area (Å²) in [6.07, 6.45) is 2.47. The fraction of sp³-hybridized carbons (Fsp3) is 0.0909. The Hall–Kier alpha value is -3.58. The molecule has 0 aliphatic rings. The number of anilines is 1. The van der Waals surface area contributed by atoms with Crippen LogP contribution in [0.1, 0.15) is 23.0 Å². The number of nitrogens with zero attached hydrogens (tertiary/aromatic N) is 3. The molecule has 0 fully saturated rings. The van der Waals surface area contributed by atoms with Crippen molar-refractivity contribution in [3.05, 3.63) is 82.8 Å². The molecule has 29 heavy (non-hydrogen) atoms. The monoisotopic (exact) mass is 402 g/mol. The van der Waals surface area contributed by atoms with Crippen molar-refractivity contribution in [2.75, 3.05) is 5.32 Å². The van der Waals surface area contributed by atoms with Gasteiger partial charge in [0.15, 0.2) is 5.82 Å². The lowest BCUT2D eigenvalue weighted by Crippen LogP contribution is -2.10. The fourth-order valence-electron chi connectivity index (χ4n) is 2.64. The van der Waals surface area contributed by atoms with Gasteiger partial charge < -0.3 is 10.1 Å². The molecule has 3 aromatic heterocycles. The molecule has 0 unspecified atom stereocenters. The smallest absolute Gasteiger partial charge is 0.256 e. The summed E-state index contributed by atoms with van der Waals surface area (Å²) in [7, 11) is 0. The van der Waals surface area contributed by atoms with Gasteiger partial charge in [0.2, 0.25) is 5.88 Å². The second-order valence-corrected chi connectivity index (χ2v) is 6.96. The third kappa shape index (κ3) is 4.64. The second kappa shape index (κ2) is 8.62. The van der Waals surface area contributed by atoms with Gasteiger partial charge in [0.25, 0.3) is 5.91 Å². The SMILES string of the molecule is CCc1cc(Oc2ccc(NC(=O)c3ccsc3)cc2)nc(-c2ccccn2)n1. The van der Waals surface area contributed by atoms with E-state index in [1.54, 1.807) is 36.5 Å². The highest BCUT2D eigenvalue weighted by Crippen LogP contribution is 2.24. The van der Waals surface area contributed by atoms with E-state index in [1.807, 2.05) is 41.9 Å². The number of ether oxygens (including phenoxy) is 1. The number of hydrogen-bond acceptors (Lipinski definition) is 6. The number of amides is 1. The molecule has 7 heteroatoms. The second-order valence-electron chi connectivity index (χ2n) is 6.18. The van der Waals surface area contributed by atoms with Crippen molar-refractivity contribution in [3.63, 3.8) is 0 Å². The summed E-state index contributed by atoms with van der Waals surface area (Å²) in [6.45, 7) is 2.03. The van der Waals surface area contributed by atoms with Gasteiger partial charge in [-0.2, -0.15) is 16.3 Å². The molecule has 0 saturated carbocycles. The minimum absolute atomic E-state index is 0.136. The van der Waals surface area contributed by atoms with Crippen LogP contribution >= 0.6 is 11.3 Å². The van der Waals surface area contributed by atoms with Crippen molar-refractivity contribution < 1.29 is 9.53 Å². The first-order chi connectivity index (χ1) is 14.2. The molecule has 4 aromatic rings. The van der Waals surface area contributed by atoms with Gasteiger partial charge in [0, 0.05) is 29.0 Å². The summed E-state index contributed by atoms with van der Waals surface area (Å²) in [5.74, 6) is 1.46. The molecule has 3 heterocycles. The van der Waals surface area contributed by atoms with Crippen molar-refractivity contribution in [1.29, 1.82) is 0 Å². The number of pyridine rings is 1. The van der Waals surface area contributed by atoms with E-state index in [0.717, 1.165) is 12.1 Å². The molecule has 0 spiro atoms. The highest BCUT2D eigenvalue weighted by molar-refractivity contribution is 7.08. The maximum atomic E-state index is 12.1. The van der Waals surface area contributed by atoms with E-state index in [2.05, 4.69) is 20.3 Å². The number of nitrogens with one attached hydrogen (secondary N) is 1. The number of hydrogen-bond donors (Lipinski definition) is 1. The maximum absolute atomic E-state index is 12.1. The lowest BCUT2D eigenvalue weighted by molar-refractivity contribution is 0.102. The van der Waals surface area contributed by atoms with Crippen LogP contribution in [0.2, 0.25) is 0 Å². The number of rotatable bonds is 6. The highest BCUT2D eigenvalue weighted by Gasteiger charge is 2.10. The average Bonchev–Trinajstić information content (AvgIpc) is 3.31. The predicted octanol–water partition coefficient (Wildman–Crippen LogP) is 5.21. The van der Waals surface area contributed by atoms with Gasteiger partial charge in [-0.3, -0.25) is 9.78 Å². The number of thiophene rings is 1. The number of carbonyl (C=O) groups is 1. The van der Waals surface area contributed by atoms with E-state index < -0.39 is 0 Å². The van der Waals surface area contributed by atoms with Crippen LogP contribution in [0.25, 0.3) is 11.5 Å². The standard InChI is InChI=1S/C22H18N4O2S/c1-2-16-13-20(26-21(24-16)19-5-3-4-11-23-19)28-18-8-6-17(7-9-18)25-22(27)15-10-12-29-14-15/h3-14H,2H2,1H3,(H,25,27). The lowest BCUT2D eigenvalue weighted by atomic mass is 10.2. The van der Waals surface area contributed by atoms with E-state index >= 15 is 0 Å². The van der Waals surface area contributed by atoms with Gasteiger partial charge in [-0.25, -0.2) is 4.98 Å². The Morgan fingerprint density at radius 1 is 1.10 bits per heavy atom. The van der Waals surface area contributed by atoms with Crippen LogP contribution in [0, 0.1) is 0 Å². The summed E-state index contributed by atoms with van der Waals surface area (Å²) in [4.78, 5) is 25.5. The Balaban J connectivity index is 1.51. The third-order valence-corrected chi connectivity index (χ3v) is 4.81. The molecular weight excluding hydrogens is 384 g/mol. The molecule has 1 aromatic carbocycles. The van der Waals surface area contributed by atoms with Gasteiger partial charge in [-0.05, 0) is 54.3 Å². The van der Waals surface area contributed by atoms with Crippen LogP contribution in [0.15, 0.2) is 71.6 Å². The first-order valence-electron chi connectivity index (χ1n) is 9.12. The van der Waals surface area contributed by atoms with E-state index in [9.17, 15) is 4.79 Å². The summed E-state index contributed by atoms with van der Waals surface area (Å²) < 4.78 is 5.93. The topological polar surface area (TPSA) is 77.0 Å². The Morgan fingerprint density at radius 3 is 2.66 bits per heavy atom. The normalized spacial score (nSPS) is 10.5. The fourth-order valence-corrected chi connectivity index (χ4v) is 3.28. The van der Waals surface area contributed by atoms with Crippen molar-refractivity contribution in [2.45, 2.75) is 13.3 Å². The molecule has 0 aliphatic heterocycles. The Kier molecular flexibility index (Phi) is 5.58. The largest absolute Gasteiger partial charge is 0.439 e. The Morgan fingerprint density at radius 2 is 1.97 bits per heavy atom. The molecule has 144 valence electrons. The summed E-state index contributed by atoms with van der Waals surface area (Å²) in [5, 5.41) is 6.55. The van der Waals surface area contributed by atoms with Crippen molar-refractivity contribution in [1.82, 2.24) is 15.0 Å². The molecule has 0 atom stereocenters. The van der Waals surface area contributed by atoms with Gasteiger partial charge in [-0.15, -0.1) is 0 Å². The maximum Gasteiger partial charge on any atom is 0.256 e. The van der Waals surface area contributed by atoms with Gasteiger partial charge in [-0.1, -0.05) is 13.0 Å². The Bertz CT molecular complexity index is 1100. The van der Waals surface area contributed by atoms with E-state index in [4.69, 9.17) is 4.74 Å². The predicted molar refractivity (Wildman–Crippen MR) is 113 cm³/mol. The minimum atomic E-state index is -0.136. The van der Waals surface area contributed by atoms with E-state index in [-0.39, 0.29) is 5.91 Å². The molecule has 0 radical (unpaired) electrons. The van der Waals surface area contributed by atoms with Gasteiger partial charge in [0.05, 0.1) is 5.56 Å². The number of carbonyl (C=O) groups excluding carboxylic acids is 1. The van der Waals surface area contributed by atoms with Crippen LogP contribution in [0.5, 0.6) is 11.6 Å². The number of aryl methyl sites for hydroxylation is 1. The first kappa shape index (κ1) is 18.8. The number of benzene rings is 1. The summed E-state index contributed by atoms with van der Waals surface area (Å²) in [6, 6.07) is 16.4. The summed E-state index contributed by atoms with van der Waals surface area (Å²) in [5.41, 5.74) is 2.90. The molecule has 4 rings (SSSR count). The molecule has 0 aliphatic carbocycles. The third-order valence-electron chi connectivity index (χ3n) is 4.13. The molecular formula is C22H18N4O2S. The van der Waals surface area contributed by atoms with Crippen LogP contribution in [-0.2, 0) is 6.42 Å². The molecule has 1 amide bonds. The lowest BCUT2D eigenvalue weighted by Gasteiger charge is -2.09. The molecule has 6 nitrogen and oxygen atoms in total. The Labute approximate surface area is 172 Å². The van der Waals surface area contributed by atoms with Crippen LogP contribution < -0.4 is 10.1 Å². The van der Waals surface area contributed by atoms with Gasteiger partial charge >= 0.3 is 0 Å². The minimum Gasteiger partial charge on any atom is -0.439 e. The zero-order chi connectivity index (χ0) is 20.1. The molecule has 0 saturated heterocycles. The molecule has 1 N–H and O–H groups in total. The highest BCUT2D eigenvalue weighted by atomic mass is 32.1. The van der Waals surface area contributed by atoms with Crippen LogP contribution in [-0.4, -0.2) is 20.9 Å². The van der Waals surface area contributed by atoms with Crippen LogP contribution in [0.3, 0.4) is 0 Å². The zero-order valence-corrected chi connectivity index (χ0v) is 16.5. The van der Waals surface area contributed by atoms with E-state index in [0.29, 0.717) is 34.4 Å². The quantitative estimate of drug-likeness (QED) is 0.479. The first-order valence-corrected chi connectivity index (χ1v) is 10.1. The number of aromatic nitrogens is 3. The average molecular weight is 402 g/mol. The van der Waals surface area contributed by atoms with Gasteiger partial charge in [0.1, 0.15) is 11.4 Å². The van der Waals surface area contributed by atoms with Crippen molar-refractivity contribution >= 4 is 22.9 Å². The van der Waals surface area contributed by atoms with Crippen molar-refractivity contribution in [2.24, 2.45) is 0 Å². The van der Waals surface area contributed by atoms with E-state index in [1.165, 1.54) is 11.3 Å². The molecule has 0 bridgehead atoms. The van der Waals surface area contributed by atoms with Crippen molar-refractivity contribution in [3.8, 4) is 23.1 Å².